The first-order chi connectivity index (χ1) is 15.8. The predicted molar refractivity (Wildman–Crippen MR) is 123 cm³/mol. The van der Waals surface area contributed by atoms with Gasteiger partial charge in [0.15, 0.2) is 11.5 Å². The summed E-state index contributed by atoms with van der Waals surface area (Å²) in [6.45, 7) is 7.27. The molecule has 0 N–H and O–H groups in total. The molecule has 176 valence electrons. The number of ether oxygens (including phenoxy) is 2. The summed E-state index contributed by atoms with van der Waals surface area (Å²) in [5, 5.41) is 0. The minimum absolute atomic E-state index is 0.210. The van der Waals surface area contributed by atoms with Crippen molar-refractivity contribution < 1.29 is 23.6 Å². The summed E-state index contributed by atoms with van der Waals surface area (Å²) >= 11 is 0. The Kier molecular flexibility index (Phi) is 6.14. The van der Waals surface area contributed by atoms with Crippen LogP contribution in [0.15, 0.2) is 29.4 Å². The van der Waals surface area contributed by atoms with E-state index in [2.05, 4.69) is 18.4 Å². The Labute approximate surface area is 194 Å². The van der Waals surface area contributed by atoms with Gasteiger partial charge in [0.2, 0.25) is 11.9 Å². The molecule has 2 aromatic rings. The number of urea groups is 1. The second kappa shape index (κ2) is 8.88. The Bertz CT molecular complexity index is 1120. The van der Waals surface area contributed by atoms with Gasteiger partial charge in [-0.05, 0) is 37.0 Å². The maximum Gasteiger partial charge on any atom is 0.401 e. The monoisotopic (exact) mass is 454 g/mol. The van der Waals surface area contributed by atoms with Gasteiger partial charge in [-0.15, -0.1) is 0 Å². The molecule has 1 aromatic carbocycles. The average molecular weight is 455 g/mol. The quantitative estimate of drug-likeness (QED) is 0.575. The van der Waals surface area contributed by atoms with E-state index in [9.17, 15) is 9.59 Å². The summed E-state index contributed by atoms with van der Waals surface area (Å²) in [5.74, 6) is 2.75. The molecule has 4 rings (SSSR count). The summed E-state index contributed by atoms with van der Waals surface area (Å²) in [7, 11) is 4.93. The molecule has 2 aliphatic rings. The van der Waals surface area contributed by atoms with Crippen molar-refractivity contribution in [2.45, 2.75) is 46.2 Å². The normalized spacial score (nSPS) is 17.4. The summed E-state index contributed by atoms with van der Waals surface area (Å²) in [6.07, 6.45) is 3.47. The standard InChI is InChI=1S/C24H32N5O4/c1-15(2)9-11-28-22(30)20-21(26(4)24(28)31)25-23-27(16(3)14-29(20)23)12-10-17-7-8-18(32-5)19(13-17)33-6/h7-8,13-15,20H,9-12H2,1-6H3/q+1. The van der Waals surface area contributed by atoms with Gasteiger partial charge in [0.1, 0.15) is 11.9 Å². The maximum atomic E-state index is 13.3. The Morgan fingerprint density at radius 3 is 2.52 bits per heavy atom. The third-order valence-corrected chi connectivity index (χ3v) is 6.32. The van der Waals surface area contributed by atoms with E-state index in [0.717, 1.165) is 24.1 Å². The fourth-order valence-corrected chi connectivity index (χ4v) is 4.38. The van der Waals surface area contributed by atoms with Crippen molar-refractivity contribution in [3.05, 3.63) is 35.7 Å². The molecule has 1 fully saturated rings. The fourth-order valence-electron chi connectivity index (χ4n) is 4.38. The minimum Gasteiger partial charge on any atom is -0.493 e. The number of imide groups is 1. The lowest BCUT2D eigenvalue weighted by Gasteiger charge is -2.33. The van der Waals surface area contributed by atoms with E-state index in [4.69, 9.17) is 14.5 Å². The van der Waals surface area contributed by atoms with Gasteiger partial charge in [-0.2, -0.15) is 0 Å². The molecule has 3 heterocycles. The third-order valence-electron chi connectivity index (χ3n) is 6.32. The van der Waals surface area contributed by atoms with Crippen LogP contribution >= 0.6 is 0 Å². The van der Waals surface area contributed by atoms with Crippen LogP contribution in [0, 0.1) is 12.8 Å². The van der Waals surface area contributed by atoms with E-state index in [-0.39, 0.29) is 11.9 Å². The Balaban J connectivity index is 1.60. The molecule has 0 bridgehead atoms. The number of likely N-dealkylation sites (N-methyl/N-ethyl adjacent to an activating group) is 1. The second-order valence-electron chi connectivity index (χ2n) is 8.96. The van der Waals surface area contributed by atoms with Crippen molar-refractivity contribution in [2.24, 2.45) is 10.9 Å². The van der Waals surface area contributed by atoms with Crippen LogP contribution in [0.2, 0.25) is 0 Å². The van der Waals surface area contributed by atoms with E-state index in [1.165, 1.54) is 9.80 Å². The Morgan fingerprint density at radius 1 is 1.12 bits per heavy atom. The lowest BCUT2D eigenvalue weighted by Crippen LogP contribution is -2.62. The van der Waals surface area contributed by atoms with Crippen LogP contribution in [-0.4, -0.2) is 60.0 Å². The van der Waals surface area contributed by atoms with Gasteiger partial charge >= 0.3 is 12.0 Å². The Morgan fingerprint density at radius 2 is 1.85 bits per heavy atom. The number of amides is 3. The highest BCUT2D eigenvalue weighted by molar-refractivity contribution is 6.19. The molecule has 1 atom stereocenters. The van der Waals surface area contributed by atoms with Crippen LogP contribution in [0.1, 0.15) is 37.6 Å². The molecule has 9 heteroatoms. The van der Waals surface area contributed by atoms with Crippen LogP contribution in [0.5, 0.6) is 11.5 Å². The third kappa shape index (κ3) is 3.96. The Hall–Kier alpha value is -3.36. The molecule has 33 heavy (non-hydrogen) atoms. The van der Waals surface area contributed by atoms with Crippen LogP contribution in [-0.2, 0) is 17.8 Å². The number of fused-ring (bicyclic) bond motifs is 3. The zero-order valence-electron chi connectivity index (χ0n) is 20.2. The maximum absolute atomic E-state index is 13.3. The second-order valence-corrected chi connectivity index (χ2v) is 8.96. The first kappa shape index (κ1) is 22.8. The molecule has 0 spiro atoms. The summed E-state index contributed by atoms with van der Waals surface area (Å²) < 4.78 is 14.7. The van der Waals surface area contributed by atoms with E-state index in [1.54, 1.807) is 21.3 Å². The van der Waals surface area contributed by atoms with Crippen molar-refractivity contribution >= 4 is 23.7 Å². The molecular formula is C24H32N5O4+. The van der Waals surface area contributed by atoms with Gasteiger partial charge in [0, 0.05) is 20.0 Å². The smallest absolute Gasteiger partial charge is 0.401 e. The highest BCUT2D eigenvalue weighted by atomic mass is 16.5. The molecular weight excluding hydrogens is 422 g/mol. The molecule has 9 nitrogen and oxygen atoms in total. The van der Waals surface area contributed by atoms with Crippen molar-refractivity contribution in [1.29, 1.82) is 0 Å². The van der Waals surface area contributed by atoms with Gasteiger partial charge in [-0.25, -0.2) is 13.9 Å². The number of aryl methyl sites for hydroxylation is 2. The zero-order valence-corrected chi connectivity index (χ0v) is 20.2. The fraction of sp³-hybridized carbons (Fsp3) is 0.500. The zero-order chi connectivity index (χ0) is 23.9. The van der Waals surface area contributed by atoms with Crippen LogP contribution < -0.4 is 14.0 Å². The topological polar surface area (TPSA) is 80.2 Å². The lowest BCUT2D eigenvalue weighted by atomic mass is 10.1. The number of aliphatic imine (C=N–C) groups is 1. The number of amidine groups is 1. The summed E-state index contributed by atoms with van der Waals surface area (Å²) in [5.41, 5.74) is 2.11. The number of benzene rings is 1. The molecule has 0 radical (unpaired) electrons. The summed E-state index contributed by atoms with van der Waals surface area (Å²) in [6, 6.07) is 4.97. The number of rotatable bonds is 8. The molecule has 3 amide bonds. The number of methoxy groups -OCH3 is 2. The van der Waals surface area contributed by atoms with Crippen molar-refractivity contribution in [1.82, 2.24) is 14.4 Å². The minimum atomic E-state index is -0.601. The van der Waals surface area contributed by atoms with Gasteiger partial charge in [0.05, 0.1) is 20.8 Å². The number of nitrogens with zero attached hydrogens (tertiary/aromatic N) is 5. The largest absolute Gasteiger partial charge is 0.493 e. The van der Waals surface area contributed by atoms with E-state index in [0.29, 0.717) is 42.3 Å². The molecule has 0 saturated carbocycles. The van der Waals surface area contributed by atoms with Crippen molar-refractivity contribution in [2.75, 3.05) is 27.8 Å². The predicted octanol–water partition coefficient (Wildman–Crippen LogP) is 2.87. The van der Waals surface area contributed by atoms with Gasteiger partial charge in [-0.1, -0.05) is 24.9 Å². The van der Waals surface area contributed by atoms with Crippen LogP contribution in [0.25, 0.3) is 0 Å². The lowest BCUT2D eigenvalue weighted by molar-refractivity contribution is -0.677. The van der Waals surface area contributed by atoms with Gasteiger partial charge < -0.3 is 9.47 Å². The van der Waals surface area contributed by atoms with E-state index < -0.39 is 6.04 Å². The van der Waals surface area contributed by atoms with Crippen molar-refractivity contribution in [3.63, 3.8) is 0 Å². The SMILES string of the molecule is COc1ccc(CCn2c(C)c[n+]3c2N=C2C3C(=O)N(CCC(C)C)C(=O)N2C)cc1OC. The number of carbonyl (C=O) groups excluding carboxylic acids is 2. The highest BCUT2D eigenvalue weighted by Gasteiger charge is 2.52. The van der Waals surface area contributed by atoms with E-state index in [1.807, 2.05) is 35.9 Å². The van der Waals surface area contributed by atoms with Crippen LogP contribution in [0.4, 0.5) is 10.7 Å². The van der Waals surface area contributed by atoms with Gasteiger partial charge in [0.25, 0.3) is 5.91 Å². The molecule has 1 aromatic heterocycles. The molecule has 1 saturated heterocycles. The number of aromatic nitrogens is 2. The number of hydrogen-bond donors (Lipinski definition) is 0. The van der Waals surface area contributed by atoms with Gasteiger partial charge in [-0.3, -0.25) is 14.6 Å². The average Bonchev–Trinajstić information content (AvgIpc) is 3.30. The number of carbonyl (C=O) groups is 2. The van der Waals surface area contributed by atoms with E-state index >= 15 is 0 Å². The number of hydrogen-bond acceptors (Lipinski definition) is 5. The first-order valence-corrected chi connectivity index (χ1v) is 11.3. The molecule has 0 aliphatic carbocycles. The van der Waals surface area contributed by atoms with Crippen molar-refractivity contribution in [3.8, 4) is 11.5 Å². The highest BCUT2D eigenvalue weighted by Crippen LogP contribution is 2.31. The first-order valence-electron chi connectivity index (χ1n) is 11.3. The molecule has 2 aliphatic heterocycles. The van der Waals surface area contributed by atoms with Crippen LogP contribution in [0.3, 0.4) is 0 Å². The summed E-state index contributed by atoms with van der Waals surface area (Å²) in [4.78, 5) is 33.8. The number of imidazole rings is 1. The molecule has 1 unspecified atom stereocenters.